The molecule has 0 saturated heterocycles. The topological polar surface area (TPSA) is 79.8 Å². The number of aromatic nitrogens is 1. The standard InChI is InChI=1S/C26H24ClN3O4/c1-29(34-2)25(32)18-8-6-17(7-9-18)16-30-23(15-21-5-3-4-12-28-21)24(31)14-19-13-20(27)10-11-22(19)26(30)33/h3-13,23H,14-16H2,1-2H3/t23-/m1/s1. The number of ketones is 1. The van der Waals surface area contributed by atoms with E-state index in [2.05, 4.69) is 4.98 Å². The summed E-state index contributed by atoms with van der Waals surface area (Å²) in [7, 11) is 2.95. The molecule has 1 aliphatic heterocycles. The smallest absolute Gasteiger partial charge is 0.277 e. The van der Waals surface area contributed by atoms with Crippen molar-refractivity contribution in [2.45, 2.75) is 25.4 Å². The first-order valence-electron chi connectivity index (χ1n) is 10.8. The van der Waals surface area contributed by atoms with E-state index < -0.39 is 6.04 Å². The number of Topliss-reactive ketones (excluding diaryl/α,β-unsaturated/α-hetero) is 1. The van der Waals surface area contributed by atoms with Crippen LogP contribution in [0.25, 0.3) is 0 Å². The molecule has 7 nitrogen and oxygen atoms in total. The van der Waals surface area contributed by atoms with Crippen LogP contribution in [0.5, 0.6) is 0 Å². The maximum absolute atomic E-state index is 13.6. The quantitative estimate of drug-likeness (QED) is 0.505. The van der Waals surface area contributed by atoms with Crippen LogP contribution in [0.2, 0.25) is 5.02 Å². The highest BCUT2D eigenvalue weighted by Crippen LogP contribution is 2.27. The monoisotopic (exact) mass is 477 g/mol. The van der Waals surface area contributed by atoms with Gasteiger partial charge in [0.1, 0.15) is 0 Å². The summed E-state index contributed by atoms with van der Waals surface area (Å²) in [6, 6.07) is 16.8. The van der Waals surface area contributed by atoms with Gasteiger partial charge in [-0.1, -0.05) is 29.8 Å². The van der Waals surface area contributed by atoms with Gasteiger partial charge in [0.2, 0.25) is 0 Å². The second kappa shape index (κ2) is 10.2. The number of hydroxylamine groups is 2. The maximum Gasteiger partial charge on any atom is 0.277 e. The largest absolute Gasteiger partial charge is 0.324 e. The summed E-state index contributed by atoms with van der Waals surface area (Å²) in [5, 5.41) is 1.62. The molecule has 2 heterocycles. The summed E-state index contributed by atoms with van der Waals surface area (Å²) in [4.78, 5) is 50.2. The molecule has 3 aromatic rings. The van der Waals surface area contributed by atoms with Crippen molar-refractivity contribution < 1.29 is 19.2 Å². The van der Waals surface area contributed by atoms with Crippen LogP contribution in [-0.4, -0.2) is 52.7 Å². The van der Waals surface area contributed by atoms with Gasteiger partial charge in [0.25, 0.3) is 11.8 Å². The van der Waals surface area contributed by atoms with Crippen LogP contribution in [0.15, 0.2) is 66.9 Å². The molecule has 1 aromatic heterocycles. The van der Waals surface area contributed by atoms with Crippen molar-refractivity contribution in [1.29, 1.82) is 0 Å². The van der Waals surface area contributed by atoms with E-state index >= 15 is 0 Å². The van der Waals surface area contributed by atoms with Crippen LogP contribution in [0, 0.1) is 0 Å². The number of hydrogen-bond acceptors (Lipinski definition) is 5. The molecule has 0 fully saturated rings. The van der Waals surface area contributed by atoms with Crippen molar-refractivity contribution in [2.75, 3.05) is 14.2 Å². The van der Waals surface area contributed by atoms with Crippen molar-refractivity contribution in [3.8, 4) is 0 Å². The zero-order valence-electron chi connectivity index (χ0n) is 18.9. The van der Waals surface area contributed by atoms with Gasteiger partial charge in [-0.15, -0.1) is 0 Å². The fourth-order valence-electron chi connectivity index (χ4n) is 4.03. The third kappa shape index (κ3) is 5.00. The Labute approximate surface area is 202 Å². The van der Waals surface area contributed by atoms with Gasteiger partial charge in [0, 0.05) is 54.5 Å². The molecular formula is C26H24ClN3O4. The summed E-state index contributed by atoms with van der Waals surface area (Å²) in [6.45, 7) is 0.207. The minimum absolute atomic E-state index is 0.0754. The Morgan fingerprint density at radius 2 is 1.91 bits per heavy atom. The second-order valence-electron chi connectivity index (χ2n) is 8.10. The van der Waals surface area contributed by atoms with Crippen LogP contribution in [-0.2, 0) is 29.0 Å². The van der Waals surface area contributed by atoms with E-state index in [-0.39, 0.29) is 30.6 Å². The lowest BCUT2D eigenvalue weighted by molar-refractivity contribution is -0.122. The van der Waals surface area contributed by atoms with Crippen LogP contribution in [0.1, 0.15) is 37.5 Å². The van der Waals surface area contributed by atoms with Crippen molar-refractivity contribution in [1.82, 2.24) is 14.9 Å². The van der Waals surface area contributed by atoms with Gasteiger partial charge in [0.15, 0.2) is 5.78 Å². The molecule has 1 aliphatic rings. The number of amides is 2. The zero-order valence-corrected chi connectivity index (χ0v) is 19.7. The Morgan fingerprint density at radius 3 is 2.59 bits per heavy atom. The van der Waals surface area contributed by atoms with Gasteiger partial charge in [-0.3, -0.25) is 24.2 Å². The van der Waals surface area contributed by atoms with E-state index in [9.17, 15) is 14.4 Å². The minimum Gasteiger partial charge on any atom is -0.324 e. The lowest BCUT2D eigenvalue weighted by atomic mass is 9.99. The maximum atomic E-state index is 13.6. The van der Waals surface area contributed by atoms with Crippen LogP contribution >= 0.6 is 11.6 Å². The summed E-state index contributed by atoms with van der Waals surface area (Å²) in [5.74, 6) is -0.597. The Hall–Kier alpha value is -3.55. The number of halogens is 1. The number of nitrogens with zero attached hydrogens (tertiary/aromatic N) is 3. The first-order valence-corrected chi connectivity index (χ1v) is 11.2. The minimum atomic E-state index is -0.686. The van der Waals surface area contributed by atoms with Gasteiger partial charge in [-0.05, 0) is 53.6 Å². The summed E-state index contributed by atoms with van der Waals surface area (Å²) < 4.78 is 0. The molecule has 0 bridgehead atoms. The summed E-state index contributed by atoms with van der Waals surface area (Å²) in [5.41, 5.74) is 3.07. The number of rotatable bonds is 6. The SMILES string of the molecule is CON(C)C(=O)c1ccc(CN2C(=O)c3ccc(Cl)cc3CC(=O)[C@H]2Cc2ccccn2)cc1. The highest BCUT2D eigenvalue weighted by atomic mass is 35.5. The fourth-order valence-corrected chi connectivity index (χ4v) is 4.22. The van der Waals surface area contributed by atoms with E-state index in [0.717, 1.165) is 16.3 Å². The lowest BCUT2D eigenvalue weighted by Gasteiger charge is -2.29. The highest BCUT2D eigenvalue weighted by molar-refractivity contribution is 6.30. The van der Waals surface area contributed by atoms with Gasteiger partial charge in [-0.25, -0.2) is 5.06 Å². The fraction of sp³-hybridized carbons (Fsp3) is 0.231. The van der Waals surface area contributed by atoms with Crippen LogP contribution < -0.4 is 0 Å². The Morgan fingerprint density at radius 1 is 1.15 bits per heavy atom. The molecule has 0 saturated carbocycles. The molecule has 0 radical (unpaired) electrons. The highest BCUT2D eigenvalue weighted by Gasteiger charge is 2.35. The molecule has 0 spiro atoms. The van der Waals surface area contributed by atoms with Gasteiger partial charge in [0.05, 0.1) is 13.2 Å². The zero-order chi connectivity index (χ0) is 24.2. The van der Waals surface area contributed by atoms with Crippen molar-refractivity contribution >= 4 is 29.2 Å². The number of carbonyl (C=O) groups is 3. The van der Waals surface area contributed by atoms with Crippen molar-refractivity contribution in [2.24, 2.45) is 0 Å². The Balaban J connectivity index is 1.68. The number of fused-ring (bicyclic) bond motifs is 1. The molecule has 2 aromatic carbocycles. The van der Waals surface area contributed by atoms with E-state index in [0.29, 0.717) is 28.1 Å². The van der Waals surface area contributed by atoms with E-state index in [4.69, 9.17) is 16.4 Å². The number of carbonyl (C=O) groups excluding carboxylic acids is 3. The first kappa shape index (κ1) is 23.6. The molecule has 8 heteroatoms. The second-order valence-corrected chi connectivity index (χ2v) is 8.54. The van der Waals surface area contributed by atoms with E-state index in [1.54, 1.807) is 53.6 Å². The summed E-state index contributed by atoms with van der Waals surface area (Å²) in [6.07, 6.45) is 2.10. The molecule has 0 N–H and O–H groups in total. The molecule has 0 unspecified atom stereocenters. The molecule has 4 rings (SSSR count). The normalized spacial score (nSPS) is 15.6. The molecule has 0 aliphatic carbocycles. The predicted octanol–water partition coefficient (Wildman–Crippen LogP) is 3.75. The number of benzene rings is 2. The van der Waals surface area contributed by atoms with Gasteiger partial charge < -0.3 is 4.90 Å². The molecule has 2 amide bonds. The summed E-state index contributed by atoms with van der Waals surface area (Å²) >= 11 is 6.14. The van der Waals surface area contributed by atoms with E-state index in [1.165, 1.54) is 14.2 Å². The number of hydrogen-bond donors (Lipinski definition) is 0. The van der Waals surface area contributed by atoms with Crippen molar-refractivity contribution in [3.63, 3.8) is 0 Å². The van der Waals surface area contributed by atoms with Gasteiger partial charge >= 0.3 is 0 Å². The number of pyridine rings is 1. The third-order valence-corrected chi connectivity index (χ3v) is 6.15. The molecule has 174 valence electrons. The van der Waals surface area contributed by atoms with E-state index in [1.807, 2.05) is 18.2 Å². The Bertz CT molecular complexity index is 1210. The average molecular weight is 478 g/mol. The third-order valence-electron chi connectivity index (χ3n) is 5.91. The Kier molecular flexibility index (Phi) is 7.05. The first-order chi connectivity index (χ1) is 16.4. The molecule has 34 heavy (non-hydrogen) atoms. The van der Waals surface area contributed by atoms with Crippen LogP contribution in [0.3, 0.4) is 0 Å². The van der Waals surface area contributed by atoms with Crippen molar-refractivity contribution in [3.05, 3.63) is 99.8 Å². The molecule has 1 atom stereocenters. The predicted molar refractivity (Wildman–Crippen MR) is 127 cm³/mol. The molecular weight excluding hydrogens is 454 g/mol. The van der Waals surface area contributed by atoms with Gasteiger partial charge in [-0.2, -0.15) is 0 Å². The van der Waals surface area contributed by atoms with Crippen LogP contribution in [0.4, 0.5) is 0 Å². The lowest BCUT2D eigenvalue weighted by Crippen LogP contribution is -2.45. The average Bonchev–Trinajstić information content (AvgIpc) is 2.94.